The van der Waals surface area contributed by atoms with Crippen LogP contribution in [0.3, 0.4) is 0 Å². The predicted molar refractivity (Wildman–Crippen MR) is 65.8 cm³/mol. The zero-order chi connectivity index (χ0) is 13.8. The quantitative estimate of drug-likeness (QED) is 0.636. The Kier molecular flexibility index (Phi) is 4.40. The Labute approximate surface area is 104 Å². The molecule has 0 aromatic carbocycles. The van der Waals surface area contributed by atoms with Crippen molar-refractivity contribution in [1.82, 2.24) is 4.98 Å². The Morgan fingerprint density at radius 1 is 1.50 bits per heavy atom. The van der Waals surface area contributed by atoms with Gasteiger partial charge in [-0.25, -0.2) is 9.78 Å². The molecule has 1 aliphatic heterocycles. The molecule has 18 heavy (non-hydrogen) atoms. The number of carbonyl (C=O) groups is 1. The zero-order valence-corrected chi connectivity index (χ0v) is 10.3. The first-order valence-corrected chi connectivity index (χ1v) is 6.69. The highest BCUT2D eigenvalue weighted by molar-refractivity contribution is 7.85. The third-order valence-electron chi connectivity index (χ3n) is 1.90. The van der Waals surface area contributed by atoms with Crippen LogP contribution in [0.1, 0.15) is 5.56 Å². The van der Waals surface area contributed by atoms with E-state index < -0.39 is 16.1 Å². The second-order valence-electron chi connectivity index (χ2n) is 3.44. The minimum atomic E-state index is -3.67. The van der Waals surface area contributed by atoms with E-state index in [4.69, 9.17) is 9.66 Å². The maximum atomic E-state index is 10.8. The van der Waals surface area contributed by atoms with E-state index in [9.17, 15) is 13.2 Å². The number of carboxylic acid groups (broad SMARTS) is 1. The summed E-state index contributed by atoms with van der Waals surface area (Å²) in [6.07, 6.45) is 4.00. The van der Waals surface area contributed by atoms with Crippen molar-refractivity contribution in [1.29, 1.82) is 0 Å². The van der Waals surface area contributed by atoms with E-state index in [2.05, 4.69) is 10.3 Å². The van der Waals surface area contributed by atoms with Crippen LogP contribution in [-0.4, -0.2) is 41.8 Å². The average Bonchev–Trinajstić information content (AvgIpc) is 2.26. The number of fused-ring (bicyclic) bond motifs is 1. The number of aliphatic carboxylic acids is 1. The summed E-state index contributed by atoms with van der Waals surface area (Å²) in [5.41, 5.74) is 0.975. The molecule has 0 fully saturated rings. The minimum absolute atomic E-state index is 0.321. The van der Waals surface area contributed by atoms with Crippen LogP contribution in [-0.2, 0) is 14.9 Å². The normalized spacial score (nSPS) is 13.3. The van der Waals surface area contributed by atoms with Crippen LogP contribution in [0.25, 0.3) is 5.57 Å². The first-order valence-electron chi connectivity index (χ1n) is 4.84. The number of hydrogen-bond donors (Lipinski definition) is 3. The maximum Gasteiger partial charge on any atom is 0.336 e. The van der Waals surface area contributed by atoms with Crippen molar-refractivity contribution < 1.29 is 22.9 Å². The smallest absolute Gasteiger partial charge is 0.336 e. The number of pyridine rings is 1. The van der Waals surface area contributed by atoms with Crippen molar-refractivity contribution in [2.45, 2.75) is 0 Å². The van der Waals surface area contributed by atoms with Gasteiger partial charge in [-0.3, -0.25) is 4.55 Å². The lowest BCUT2D eigenvalue weighted by Crippen LogP contribution is -2.13. The molecule has 0 unspecified atom stereocenters. The van der Waals surface area contributed by atoms with E-state index in [1.807, 2.05) is 0 Å². The highest BCUT2D eigenvalue weighted by Crippen LogP contribution is 2.24. The third-order valence-corrected chi connectivity index (χ3v) is 1.90. The van der Waals surface area contributed by atoms with Crippen LogP contribution in [0.15, 0.2) is 24.4 Å². The van der Waals surface area contributed by atoms with Gasteiger partial charge >= 0.3 is 5.97 Å². The fourth-order valence-corrected chi connectivity index (χ4v) is 1.33. The predicted octanol–water partition coefficient (Wildman–Crippen LogP) is 0.479. The highest BCUT2D eigenvalue weighted by Gasteiger charge is 2.17. The number of aromatic nitrogens is 1. The van der Waals surface area contributed by atoms with Gasteiger partial charge in [0.2, 0.25) is 0 Å². The second kappa shape index (κ2) is 5.61. The highest BCUT2D eigenvalue weighted by atomic mass is 32.2. The minimum Gasteiger partial charge on any atom is -0.478 e. The summed E-state index contributed by atoms with van der Waals surface area (Å²) in [7, 11) is -3.67. The van der Waals surface area contributed by atoms with E-state index >= 15 is 0 Å². The van der Waals surface area contributed by atoms with E-state index in [0.717, 1.165) is 0 Å². The Bertz CT molecular complexity index is 572. The van der Waals surface area contributed by atoms with Crippen LogP contribution < -0.4 is 5.32 Å². The van der Waals surface area contributed by atoms with Crippen molar-refractivity contribution in [3.05, 3.63) is 30.0 Å². The lowest BCUT2D eigenvalue weighted by Gasteiger charge is -2.14. The SMILES string of the molecule is CS(=O)(=O)O.O=C(O)C1=CCNc2ncccc21. The first kappa shape index (κ1) is 14.1. The summed E-state index contributed by atoms with van der Waals surface area (Å²) < 4.78 is 25.9. The van der Waals surface area contributed by atoms with Gasteiger partial charge in [0.05, 0.1) is 11.8 Å². The summed E-state index contributed by atoms with van der Waals surface area (Å²) >= 11 is 0. The topological polar surface area (TPSA) is 117 Å². The molecule has 0 bridgehead atoms. The molecule has 98 valence electrons. The van der Waals surface area contributed by atoms with Gasteiger partial charge < -0.3 is 10.4 Å². The summed E-state index contributed by atoms with van der Waals surface area (Å²) in [4.78, 5) is 14.8. The molecule has 0 saturated carbocycles. The molecular weight excluding hydrogens is 260 g/mol. The molecule has 0 saturated heterocycles. The average molecular weight is 272 g/mol. The van der Waals surface area contributed by atoms with E-state index in [1.165, 1.54) is 0 Å². The Balaban J connectivity index is 0.000000280. The molecule has 8 heteroatoms. The van der Waals surface area contributed by atoms with Gasteiger partial charge in [0.1, 0.15) is 5.82 Å². The van der Waals surface area contributed by atoms with Gasteiger partial charge in [-0.2, -0.15) is 8.42 Å². The fraction of sp³-hybridized carbons (Fsp3) is 0.200. The second-order valence-corrected chi connectivity index (χ2v) is 4.90. The molecule has 0 amide bonds. The first-order chi connectivity index (χ1) is 8.29. The molecule has 1 aromatic heterocycles. The van der Waals surface area contributed by atoms with Crippen molar-refractivity contribution in [2.24, 2.45) is 0 Å². The van der Waals surface area contributed by atoms with E-state index in [1.54, 1.807) is 24.4 Å². The summed E-state index contributed by atoms with van der Waals surface area (Å²) in [6, 6.07) is 3.47. The van der Waals surface area contributed by atoms with E-state index in [-0.39, 0.29) is 0 Å². The summed E-state index contributed by atoms with van der Waals surface area (Å²) in [5.74, 6) is -0.266. The summed E-state index contributed by atoms with van der Waals surface area (Å²) in [5, 5.41) is 11.9. The van der Waals surface area contributed by atoms with Crippen LogP contribution in [0.4, 0.5) is 5.82 Å². The number of rotatable bonds is 1. The lowest BCUT2D eigenvalue weighted by atomic mass is 10.0. The lowest BCUT2D eigenvalue weighted by molar-refractivity contribution is -0.130. The molecule has 7 nitrogen and oxygen atoms in total. The Hall–Kier alpha value is -1.93. The van der Waals surface area contributed by atoms with Gasteiger partial charge in [0.15, 0.2) is 0 Å². The molecule has 3 N–H and O–H groups in total. The number of nitrogens with zero attached hydrogens (tertiary/aromatic N) is 1. The van der Waals surface area contributed by atoms with E-state index in [0.29, 0.717) is 29.8 Å². The fourth-order valence-electron chi connectivity index (χ4n) is 1.33. The number of carboxylic acids is 1. The van der Waals surface area contributed by atoms with Crippen LogP contribution in [0, 0.1) is 0 Å². The molecule has 1 aromatic rings. The van der Waals surface area contributed by atoms with Crippen LogP contribution in [0.5, 0.6) is 0 Å². The van der Waals surface area contributed by atoms with Crippen molar-refractivity contribution in [3.8, 4) is 0 Å². The molecule has 0 spiro atoms. The van der Waals surface area contributed by atoms with Crippen molar-refractivity contribution >= 4 is 27.5 Å². The molecule has 0 atom stereocenters. The molecule has 0 radical (unpaired) electrons. The molecule has 1 aliphatic rings. The molecular formula is C10H12N2O5S. The van der Waals surface area contributed by atoms with Crippen molar-refractivity contribution in [3.63, 3.8) is 0 Å². The van der Waals surface area contributed by atoms with Gasteiger partial charge in [-0.1, -0.05) is 6.08 Å². The molecule has 2 heterocycles. The molecule has 2 rings (SSSR count). The van der Waals surface area contributed by atoms with Crippen molar-refractivity contribution in [2.75, 3.05) is 18.1 Å². The standard InChI is InChI=1S/C9H8N2O2.CH4O3S/c12-9(13)7-3-5-11-8-6(7)2-1-4-10-8;1-5(2,3)4/h1-4H,5H2,(H,10,11)(H,12,13);1H3,(H,2,3,4). The maximum absolute atomic E-state index is 10.8. The monoisotopic (exact) mass is 272 g/mol. The third kappa shape index (κ3) is 4.52. The van der Waals surface area contributed by atoms with Gasteiger partial charge in [-0.05, 0) is 12.1 Å². The van der Waals surface area contributed by atoms with Crippen LogP contribution >= 0.6 is 0 Å². The Morgan fingerprint density at radius 3 is 2.67 bits per heavy atom. The number of nitrogens with one attached hydrogen (secondary N) is 1. The molecule has 0 aliphatic carbocycles. The van der Waals surface area contributed by atoms with Crippen LogP contribution in [0.2, 0.25) is 0 Å². The van der Waals surface area contributed by atoms with Gasteiger partial charge in [-0.15, -0.1) is 0 Å². The number of anilines is 1. The van der Waals surface area contributed by atoms with Gasteiger partial charge in [0, 0.05) is 18.3 Å². The Morgan fingerprint density at radius 2 is 2.11 bits per heavy atom. The summed E-state index contributed by atoms with van der Waals surface area (Å²) in [6.45, 7) is 0.519. The van der Waals surface area contributed by atoms with Gasteiger partial charge in [0.25, 0.3) is 10.1 Å². The zero-order valence-electron chi connectivity index (χ0n) is 9.49. The largest absolute Gasteiger partial charge is 0.478 e. The number of hydrogen-bond acceptors (Lipinski definition) is 5.